The maximum Gasteiger partial charge on any atom is 0.434 e. The first-order chi connectivity index (χ1) is 35.1. The minimum atomic E-state index is -4.78. The van der Waals surface area contributed by atoms with Crippen LogP contribution in [0.5, 0.6) is 34.9 Å². The van der Waals surface area contributed by atoms with E-state index in [9.17, 15) is 58.7 Å². The van der Waals surface area contributed by atoms with Crippen molar-refractivity contribution in [2.45, 2.75) is 38.0 Å². The molecule has 2 aliphatic heterocycles. The summed E-state index contributed by atoms with van der Waals surface area (Å²) >= 11 is 5.70. The minimum Gasteiger partial charge on any atom is -0.439 e. The summed E-state index contributed by atoms with van der Waals surface area (Å²) in [6, 6.07) is 25.6. The Morgan fingerprint density at radius 1 is 0.500 bits per heavy atom. The topological polar surface area (TPSA) is 172 Å². The molecule has 0 aliphatic carbocycles. The SMILES string of the molecule is CC(=O)c1ccc(Oc2ccc(C3OCCO3)cc2)nc1C(F)(F)F.O=C(CBr)c1ccc(Oc2ccc(C3OCCO3)cc2)nc1C(F)(F)F.O=Cc1ccc(Oc2ccc(C(=O)CBr)c(C(F)(F)F)n2)cc1. The van der Waals surface area contributed by atoms with Crippen LogP contribution < -0.4 is 14.2 Å². The van der Waals surface area contributed by atoms with E-state index in [1.54, 1.807) is 48.5 Å². The van der Waals surface area contributed by atoms with Gasteiger partial charge in [-0.1, -0.05) is 56.1 Å². The van der Waals surface area contributed by atoms with Gasteiger partial charge in [0.1, 0.15) is 23.5 Å². The fourth-order valence-electron chi connectivity index (χ4n) is 6.48. The van der Waals surface area contributed by atoms with E-state index in [1.165, 1.54) is 42.5 Å². The molecule has 25 heteroatoms. The van der Waals surface area contributed by atoms with Crippen LogP contribution in [0, 0.1) is 0 Å². The van der Waals surface area contributed by atoms with Gasteiger partial charge in [-0.15, -0.1) is 0 Å². The number of carbonyl (C=O) groups is 4. The molecular weight excluding hydrogens is 1140 g/mol. The summed E-state index contributed by atoms with van der Waals surface area (Å²) < 4.78 is 155. The highest BCUT2D eigenvalue weighted by molar-refractivity contribution is 9.09. The minimum absolute atomic E-state index is 0.218. The number of hydrogen-bond donors (Lipinski definition) is 0. The van der Waals surface area contributed by atoms with Gasteiger partial charge < -0.3 is 33.2 Å². The molecule has 390 valence electrons. The van der Waals surface area contributed by atoms with Crippen LogP contribution in [0.15, 0.2) is 109 Å². The number of nitrogens with zero attached hydrogens (tertiary/aromatic N) is 3. The molecule has 8 rings (SSSR count). The highest BCUT2D eigenvalue weighted by Gasteiger charge is 2.39. The second-order valence-corrected chi connectivity index (χ2v) is 16.2. The zero-order chi connectivity index (χ0) is 53.8. The number of ether oxygens (including phenoxy) is 7. The average molecular weight is 1170 g/mol. The van der Waals surface area contributed by atoms with E-state index in [-0.39, 0.29) is 34.0 Å². The first kappa shape index (κ1) is 56.7. The summed E-state index contributed by atoms with van der Waals surface area (Å²) in [4.78, 5) is 55.4. The molecule has 3 aromatic carbocycles. The van der Waals surface area contributed by atoms with Crippen molar-refractivity contribution in [3.63, 3.8) is 0 Å². The first-order valence-electron chi connectivity index (χ1n) is 21.3. The lowest BCUT2D eigenvalue weighted by Crippen LogP contribution is -2.16. The lowest BCUT2D eigenvalue weighted by atomic mass is 10.1. The van der Waals surface area contributed by atoms with Crippen molar-refractivity contribution in [3.8, 4) is 34.9 Å². The molecular formula is C49H36Br2F9N3O11. The third kappa shape index (κ3) is 15.5. The molecule has 2 saturated heterocycles. The molecule has 14 nitrogen and oxygen atoms in total. The number of halogens is 11. The maximum absolute atomic E-state index is 13.2. The molecule has 0 unspecified atom stereocenters. The Bertz CT molecular complexity index is 2910. The summed E-state index contributed by atoms with van der Waals surface area (Å²) in [5, 5.41) is -0.476. The highest BCUT2D eigenvalue weighted by Crippen LogP contribution is 2.37. The van der Waals surface area contributed by atoms with E-state index in [4.69, 9.17) is 33.2 Å². The Balaban J connectivity index is 0.000000181. The number of pyridine rings is 3. The van der Waals surface area contributed by atoms with Gasteiger partial charge in [-0.25, -0.2) is 15.0 Å². The molecule has 5 heterocycles. The van der Waals surface area contributed by atoms with E-state index in [2.05, 4.69) is 46.8 Å². The zero-order valence-electron chi connectivity index (χ0n) is 37.9. The van der Waals surface area contributed by atoms with Crippen LogP contribution in [0.2, 0.25) is 0 Å². The summed E-state index contributed by atoms with van der Waals surface area (Å²) in [6.07, 6.45) is -14.6. The smallest absolute Gasteiger partial charge is 0.434 e. The molecule has 0 bridgehead atoms. The Hall–Kier alpha value is -6.64. The van der Waals surface area contributed by atoms with Gasteiger partial charge in [0.25, 0.3) is 0 Å². The predicted molar refractivity (Wildman–Crippen MR) is 248 cm³/mol. The quantitative estimate of drug-likeness (QED) is 0.0436. The third-order valence-corrected chi connectivity index (χ3v) is 10.9. The van der Waals surface area contributed by atoms with Crippen molar-refractivity contribution in [2.75, 3.05) is 37.1 Å². The summed E-state index contributed by atoms with van der Waals surface area (Å²) in [7, 11) is 0. The number of ketones is 3. The van der Waals surface area contributed by atoms with Crippen molar-refractivity contribution >= 4 is 55.5 Å². The molecule has 2 aliphatic rings. The summed E-state index contributed by atoms with van der Waals surface area (Å²) in [5.41, 5.74) is -3.41. The van der Waals surface area contributed by atoms with Crippen LogP contribution in [0.1, 0.15) is 89.1 Å². The van der Waals surface area contributed by atoms with Crippen molar-refractivity contribution in [3.05, 3.63) is 160 Å². The van der Waals surface area contributed by atoms with E-state index in [1.807, 2.05) is 0 Å². The second kappa shape index (κ2) is 25.1. The van der Waals surface area contributed by atoms with Gasteiger partial charge in [0.2, 0.25) is 17.6 Å². The number of aldehydes is 1. The fourth-order valence-corrected chi connectivity index (χ4v) is 7.09. The van der Waals surface area contributed by atoms with Crippen LogP contribution in [-0.2, 0) is 37.5 Å². The van der Waals surface area contributed by atoms with E-state index in [0.717, 1.165) is 36.2 Å². The molecule has 0 N–H and O–H groups in total. The third-order valence-electron chi connectivity index (χ3n) is 9.87. The lowest BCUT2D eigenvalue weighted by Gasteiger charge is -2.13. The molecule has 0 spiro atoms. The number of Topliss-reactive ketones (excluding diaryl/α,β-unsaturated/α-hetero) is 3. The highest BCUT2D eigenvalue weighted by atomic mass is 79.9. The van der Waals surface area contributed by atoms with Gasteiger partial charge >= 0.3 is 18.5 Å². The number of alkyl halides is 11. The molecule has 3 aromatic heterocycles. The van der Waals surface area contributed by atoms with E-state index in [0.29, 0.717) is 49.8 Å². The van der Waals surface area contributed by atoms with Gasteiger partial charge in [0, 0.05) is 51.6 Å². The molecule has 74 heavy (non-hydrogen) atoms. The standard InChI is InChI=1S/C17H13BrF3NO4.C17H14F3NO4.C15H9BrF3NO3/c18-9-13(23)12-5-6-14(22-15(12)17(19,20)21)26-11-3-1-10(2-4-11)16-24-7-8-25-16;1-10(22)13-6-7-14(21-15(13)17(18,19)20)25-12-4-2-11(3-5-12)16-23-8-9-24-16;16-7-12(22)11-5-6-13(20-14(11)15(17,18)19)23-10-3-1-9(8-21)2-4-10/h1-6,16H,7-9H2;2-7,16H,8-9H2,1H3;1-6,8H,7H2. The first-order valence-corrected chi connectivity index (χ1v) is 23.5. The molecule has 0 radical (unpaired) electrons. The fraction of sp³-hybridized carbons (Fsp3) is 0.245. The van der Waals surface area contributed by atoms with Crippen molar-refractivity contribution in [1.82, 2.24) is 15.0 Å². The molecule has 0 amide bonds. The number of rotatable bonds is 14. The van der Waals surface area contributed by atoms with Crippen LogP contribution in [0.25, 0.3) is 0 Å². The monoisotopic (exact) mass is 1170 g/mol. The molecule has 2 fully saturated rings. The van der Waals surface area contributed by atoms with Crippen LogP contribution in [-0.4, -0.2) is 75.7 Å². The summed E-state index contributed by atoms with van der Waals surface area (Å²) in [5.74, 6) is -2.15. The normalized spacial score (nSPS) is 14.0. The zero-order valence-corrected chi connectivity index (χ0v) is 41.0. The van der Waals surface area contributed by atoms with Crippen molar-refractivity contribution < 1.29 is 91.8 Å². The second-order valence-electron chi connectivity index (χ2n) is 15.1. The van der Waals surface area contributed by atoms with Gasteiger partial charge in [0.15, 0.2) is 47.0 Å². The van der Waals surface area contributed by atoms with Gasteiger partial charge in [0.05, 0.1) is 37.1 Å². The number of hydrogen-bond acceptors (Lipinski definition) is 14. The van der Waals surface area contributed by atoms with Gasteiger partial charge in [-0.3, -0.25) is 19.2 Å². The van der Waals surface area contributed by atoms with Gasteiger partial charge in [-0.2, -0.15) is 39.5 Å². The summed E-state index contributed by atoms with van der Waals surface area (Å²) in [6.45, 7) is 3.09. The van der Waals surface area contributed by atoms with E-state index >= 15 is 0 Å². The Labute approximate surface area is 430 Å². The molecule has 0 saturated carbocycles. The molecule has 6 aromatic rings. The van der Waals surface area contributed by atoms with Crippen LogP contribution >= 0.6 is 31.9 Å². The maximum atomic E-state index is 13.2. The van der Waals surface area contributed by atoms with Crippen LogP contribution in [0.4, 0.5) is 39.5 Å². The largest absolute Gasteiger partial charge is 0.439 e. The number of carbonyl (C=O) groups excluding carboxylic acids is 4. The average Bonchev–Trinajstić information content (AvgIpc) is 4.13. The lowest BCUT2D eigenvalue weighted by molar-refractivity contribution is -0.142. The number of aromatic nitrogens is 3. The predicted octanol–water partition coefficient (Wildman–Crippen LogP) is 12.9. The van der Waals surface area contributed by atoms with Crippen molar-refractivity contribution in [2.24, 2.45) is 0 Å². The van der Waals surface area contributed by atoms with E-state index < -0.39 is 82.2 Å². The Morgan fingerprint density at radius 2 is 0.797 bits per heavy atom. The van der Waals surface area contributed by atoms with Gasteiger partial charge in [-0.05, 0) is 73.7 Å². The van der Waals surface area contributed by atoms with Crippen molar-refractivity contribution in [1.29, 1.82) is 0 Å². The Kier molecular flexibility index (Phi) is 19.2. The Morgan fingerprint density at radius 3 is 1.08 bits per heavy atom. The number of benzene rings is 3. The molecule has 0 atom stereocenters. The van der Waals surface area contributed by atoms with Crippen LogP contribution in [0.3, 0.4) is 0 Å².